The largest absolute Gasteiger partial charge is 0.444 e. The van der Waals surface area contributed by atoms with Crippen LogP contribution >= 0.6 is 10.7 Å². The van der Waals surface area contributed by atoms with E-state index in [4.69, 9.17) is 15.4 Å². The molecule has 0 bridgehead atoms. The van der Waals surface area contributed by atoms with E-state index in [2.05, 4.69) is 5.32 Å². The predicted octanol–water partition coefficient (Wildman–Crippen LogP) is 0.585. The smallest absolute Gasteiger partial charge is 0.407 e. The Bertz CT molecular complexity index is 355. The molecule has 1 saturated heterocycles. The van der Waals surface area contributed by atoms with Crippen molar-refractivity contribution in [1.29, 1.82) is 0 Å². The van der Waals surface area contributed by atoms with Crippen molar-refractivity contribution in [2.45, 2.75) is 36.7 Å². The minimum Gasteiger partial charge on any atom is -0.444 e. The van der Waals surface area contributed by atoms with E-state index in [1.54, 1.807) is 0 Å². The number of rotatable bonds is 1. The highest BCUT2D eigenvalue weighted by molar-refractivity contribution is 8.14. The van der Waals surface area contributed by atoms with Crippen molar-refractivity contribution >= 4 is 25.8 Å². The lowest BCUT2D eigenvalue weighted by Gasteiger charge is -2.27. The molecule has 7 heteroatoms. The van der Waals surface area contributed by atoms with Gasteiger partial charge in [-0.1, -0.05) is 0 Å². The molecule has 0 aromatic rings. The molecule has 3 atom stereocenters. The van der Waals surface area contributed by atoms with Crippen LogP contribution in [0.4, 0.5) is 4.79 Å². The third-order valence-corrected chi connectivity index (χ3v) is 4.68. The molecule has 0 aromatic heterocycles. The first kappa shape index (κ1) is 10.0. The SMILES string of the molecule is O=C1NC2CCC(S(=O)(=O)Cl)CC2O1. The van der Waals surface area contributed by atoms with E-state index in [9.17, 15) is 13.2 Å². The van der Waals surface area contributed by atoms with Gasteiger partial charge in [0.05, 0.1) is 11.3 Å². The van der Waals surface area contributed by atoms with Crippen molar-refractivity contribution in [2.24, 2.45) is 0 Å². The quantitative estimate of drug-likeness (QED) is 0.680. The molecule has 1 aliphatic heterocycles. The number of hydrogen-bond donors (Lipinski definition) is 1. The third kappa shape index (κ3) is 1.81. The lowest BCUT2D eigenvalue weighted by molar-refractivity contribution is 0.114. The number of halogens is 1. The zero-order chi connectivity index (χ0) is 10.3. The highest BCUT2D eigenvalue weighted by Crippen LogP contribution is 2.30. The first-order chi connectivity index (χ1) is 6.47. The van der Waals surface area contributed by atoms with Gasteiger partial charge in [0.25, 0.3) is 0 Å². The fourth-order valence-electron chi connectivity index (χ4n) is 1.97. The molecular formula is C7H10ClNO4S. The molecule has 14 heavy (non-hydrogen) atoms. The topological polar surface area (TPSA) is 72.5 Å². The number of hydrogen-bond acceptors (Lipinski definition) is 4. The zero-order valence-corrected chi connectivity index (χ0v) is 8.85. The van der Waals surface area contributed by atoms with Gasteiger partial charge < -0.3 is 10.1 Å². The summed E-state index contributed by atoms with van der Waals surface area (Å²) in [4.78, 5) is 10.9. The van der Waals surface area contributed by atoms with Crippen LogP contribution in [0.2, 0.25) is 0 Å². The van der Waals surface area contributed by atoms with Crippen LogP contribution in [0.15, 0.2) is 0 Å². The Balaban J connectivity index is 2.08. The standard InChI is InChI=1S/C7H10ClNO4S/c8-14(11,12)4-1-2-5-6(3-4)13-7(10)9-5/h4-6H,1-3H2,(H,9,10). The minimum atomic E-state index is -3.53. The summed E-state index contributed by atoms with van der Waals surface area (Å²) in [6, 6.07) is -0.0443. The molecule has 1 amide bonds. The van der Waals surface area contributed by atoms with E-state index in [-0.39, 0.29) is 12.1 Å². The van der Waals surface area contributed by atoms with Crippen LogP contribution in [0, 0.1) is 0 Å². The fraction of sp³-hybridized carbons (Fsp3) is 0.857. The van der Waals surface area contributed by atoms with Crippen molar-refractivity contribution < 1.29 is 17.9 Å². The van der Waals surface area contributed by atoms with Gasteiger partial charge in [-0.15, -0.1) is 0 Å². The molecule has 0 aromatic carbocycles. The maximum atomic E-state index is 11.1. The normalized spacial score (nSPS) is 37.2. The Morgan fingerprint density at radius 1 is 1.43 bits per heavy atom. The van der Waals surface area contributed by atoms with Gasteiger partial charge in [0.2, 0.25) is 9.05 Å². The van der Waals surface area contributed by atoms with E-state index >= 15 is 0 Å². The molecule has 3 unspecified atom stereocenters. The van der Waals surface area contributed by atoms with Crippen LogP contribution in [-0.4, -0.2) is 31.9 Å². The second kappa shape index (κ2) is 3.27. The van der Waals surface area contributed by atoms with E-state index in [0.29, 0.717) is 19.3 Å². The molecule has 1 aliphatic carbocycles. The van der Waals surface area contributed by atoms with Gasteiger partial charge in [-0.2, -0.15) is 0 Å². The molecular weight excluding hydrogens is 230 g/mol. The Morgan fingerprint density at radius 2 is 2.14 bits per heavy atom. The van der Waals surface area contributed by atoms with Crippen molar-refractivity contribution in [1.82, 2.24) is 5.32 Å². The first-order valence-corrected chi connectivity index (χ1v) is 6.74. The van der Waals surface area contributed by atoms with Crippen LogP contribution in [0.3, 0.4) is 0 Å². The third-order valence-electron chi connectivity index (χ3n) is 2.70. The average molecular weight is 240 g/mol. The number of alkyl carbamates (subject to hydrolysis) is 1. The number of fused-ring (bicyclic) bond motifs is 1. The van der Waals surface area contributed by atoms with Gasteiger partial charge in [0.15, 0.2) is 0 Å². The van der Waals surface area contributed by atoms with Crippen molar-refractivity contribution in [3.63, 3.8) is 0 Å². The fourth-order valence-corrected chi connectivity index (χ4v) is 3.29. The number of carbonyl (C=O) groups excluding carboxylic acids is 1. The second-order valence-electron chi connectivity index (χ2n) is 3.61. The number of nitrogens with one attached hydrogen (secondary N) is 1. The summed E-state index contributed by atoms with van der Waals surface area (Å²) in [6.07, 6.45) is 0.584. The van der Waals surface area contributed by atoms with Gasteiger partial charge in [-0.05, 0) is 12.8 Å². The van der Waals surface area contributed by atoms with Crippen LogP contribution in [0.1, 0.15) is 19.3 Å². The highest BCUT2D eigenvalue weighted by atomic mass is 35.7. The summed E-state index contributed by atoms with van der Waals surface area (Å²) in [5.74, 6) is 0. The van der Waals surface area contributed by atoms with Crippen LogP contribution in [0.25, 0.3) is 0 Å². The van der Waals surface area contributed by atoms with Crippen LogP contribution in [-0.2, 0) is 13.8 Å². The van der Waals surface area contributed by atoms with E-state index in [0.717, 1.165) is 0 Å². The molecule has 0 radical (unpaired) electrons. The Hall–Kier alpha value is -0.490. The first-order valence-electron chi connectivity index (χ1n) is 4.37. The Kier molecular flexibility index (Phi) is 2.35. The predicted molar refractivity (Wildman–Crippen MR) is 49.6 cm³/mol. The molecule has 0 spiro atoms. The molecule has 80 valence electrons. The number of ether oxygens (including phenoxy) is 1. The zero-order valence-electron chi connectivity index (χ0n) is 7.27. The maximum absolute atomic E-state index is 11.1. The lowest BCUT2D eigenvalue weighted by atomic mass is 9.93. The molecule has 1 heterocycles. The summed E-state index contributed by atoms with van der Waals surface area (Å²) >= 11 is 0. The Morgan fingerprint density at radius 3 is 2.79 bits per heavy atom. The van der Waals surface area contributed by atoms with Crippen LogP contribution < -0.4 is 5.32 Å². The molecule has 5 nitrogen and oxygen atoms in total. The van der Waals surface area contributed by atoms with E-state index in [1.165, 1.54) is 0 Å². The highest BCUT2D eigenvalue weighted by Gasteiger charge is 2.42. The average Bonchev–Trinajstić information content (AvgIpc) is 2.41. The second-order valence-corrected chi connectivity index (χ2v) is 6.51. The number of amides is 1. The van der Waals surface area contributed by atoms with Gasteiger partial charge in [-0.25, -0.2) is 13.2 Å². The minimum absolute atomic E-state index is 0.0443. The summed E-state index contributed by atoms with van der Waals surface area (Å²) in [5, 5.41) is 2.04. The van der Waals surface area contributed by atoms with Crippen molar-refractivity contribution in [2.75, 3.05) is 0 Å². The monoisotopic (exact) mass is 239 g/mol. The summed E-state index contributed by atoms with van der Waals surface area (Å²) < 4.78 is 27.0. The Labute approximate surface area is 86.2 Å². The van der Waals surface area contributed by atoms with Gasteiger partial charge in [0, 0.05) is 17.1 Å². The molecule has 2 fully saturated rings. The summed E-state index contributed by atoms with van der Waals surface area (Å²) in [6.45, 7) is 0. The van der Waals surface area contributed by atoms with E-state index < -0.39 is 20.4 Å². The molecule has 2 aliphatic rings. The van der Waals surface area contributed by atoms with Gasteiger partial charge in [0.1, 0.15) is 6.10 Å². The van der Waals surface area contributed by atoms with Gasteiger partial charge >= 0.3 is 6.09 Å². The van der Waals surface area contributed by atoms with Gasteiger partial charge in [-0.3, -0.25) is 0 Å². The molecule has 1 saturated carbocycles. The number of carbonyl (C=O) groups is 1. The maximum Gasteiger partial charge on any atom is 0.407 e. The summed E-state index contributed by atoms with van der Waals surface area (Å²) in [5.41, 5.74) is 0. The lowest BCUT2D eigenvalue weighted by Crippen LogP contribution is -2.40. The summed E-state index contributed by atoms with van der Waals surface area (Å²) in [7, 11) is 1.72. The van der Waals surface area contributed by atoms with Crippen LogP contribution in [0.5, 0.6) is 0 Å². The molecule has 2 rings (SSSR count). The molecule has 1 N–H and O–H groups in total. The van der Waals surface area contributed by atoms with Crippen molar-refractivity contribution in [3.05, 3.63) is 0 Å². The van der Waals surface area contributed by atoms with Crippen molar-refractivity contribution in [3.8, 4) is 0 Å². The van der Waals surface area contributed by atoms with E-state index in [1.807, 2.05) is 0 Å².